The van der Waals surface area contributed by atoms with Gasteiger partial charge in [-0.15, -0.1) is 0 Å². The minimum absolute atomic E-state index is 0.361. The molecule has 0 unspecified atom stereocenters. The fourth-order valence-electron chi connectivity index (χ4n) is 2.24. The van der Waals surface area contributed by atoms with Crippen LogP contribution in [0.3, 0.4) is 0 Å². The van der Waals surface area contributed by atoms with Crippen molar-refractivity contribution >= 4 is 17.4 Å². The number of nitrogens with two attached hydrogens (primary N) is 2. The zero-order chi connectivity index (χ0) is 15.2. The first kappa shape index (κ1) is 14.8. The van der Waals surface area contributed by atoms with Gasteiger partial charge in [-0.1, -0.05) is 37.3 Å². The van der Waals surface area contributed by atoms with Gasteiger partial charge in [-0.3, -0.25) is 4.79 Å². The minimum Gasteiger partial charge on any atom is -0.397 e. The van der Waals surface area contributed by atoms with Crippen molar-refractivity contribution in [3.8, 4) is 0 Å². The molecule has 0 bridgehead atoms. The summed E-state index contributed by atoms with van der Waals surface area (Å²) < 4.78 is 0. The van der Waals surface area contributed by atoms with E-state index in [4.69, 9.17) is 11.5 Å². The van der Waals surface area contributed by atoms with Gasteiger partial charge in [0, 0.05) is 13.1 Å². The lowest BCUT2D eigenvalue weighted by molar-refractivity contribution is 0.100. The van der Waals surface area contributed by atoms with Gasteiger partial charge in [-0.25, -0.2) is 4.98 Å². The Kier molecular flexibility index (Phi) is 4.77. The van der Waals surface area contributed by atoms with Crippen molar-refractivity contribution in [2.45, 2.75) is 19.9 Å². The SMILES string of the molecule is CCCN(Cc1ccccc1)c1ncc(N)cc1C(N)=O. The molecule has 0 aliphatic rings. The van der Waals surface area contributed by atoms with E-state index in [9.17, 15) is 4.79 Å². The fraction of sp³-hybridized carbons (Fsp3) is 0.250. The van der Waals surface area contributed by atoms with E-state index in [0.29, 0.717) is 23.6 Å². The van der Waals surface area contributed by atoms with Gasteiger partial charge in [0.1, 0.15) is 5.82 Å². The number of rotatable bonds is 6. The number of carbonyl (C=O) groups excluding carboxylic acids is 1. The lowest BCUT2D eigenvalue weighted by Crippen LogP contribution is -2.28. The normalized spacial score (nSPS) is 10.3. The predicted molar refractivity (Wildman–Crippen MR) is 85.0 cm³/mol. The summed E-state index contributed by atoms with van der Waals surface area (Å²) in [5.41, 5.74) is 13.1. The third-order valence-corrected chi connectivity index (χ3v) is 3.16. The third kappa shape index (κ3) is 3.72. The molecule has 0 saturated carbocycles. The largest absolute Gasteiger partial charge is 0.397 e. The van der Waals surface area contributed by atoms with Gasteiger partial charge in [-0.05, 0) is 18.1 Å². The van der Waals surface area contributed by atoms with E-state index in [1.165, 1.54) is 0 Å². The molecule has 0 atom stereocenters. The quantitative estimate of drug-likeness (QED) is 0.851. The van der Waals surface area contributed by atoms with Crippen LogP contribution in [0.15, 0.2) is 42.6 Å². The van der Waals surface area contributed by atoms with Crippen molar-refractivity contribution in [1.82, 2.24) is 4.98 Å². The Labute approximate surface area is 124 Å². The first-order chi connectivity index (χ1) is 10.1. The predicted octanol–water partition coefficient (Wildman–Crippen LogP) is 2.18. The molecule has 0 fully saturated rings. The van der Waals surface area contributed by atoms with Gasteiger partial charge in [-0.2, -0.15) is 0 Å². The third-order valence-electron chi connectivity index (χ3n) is 3.16. The van der Waals surface area contributed by atoms with Gasteiger partial charge in [0.2, 0.25) is 0 Å². The maximum atomic E-state index is 11.6. The lowest BCUT2D eigenvalue weighted by Gasteiger charge is -2.25. The van der Waals surface area contributed by atoms with E-state index in [1.807, 2.05) is 30.3 Å². The van der Waals surface area contributed by atoms with E-state index < -0.39 is 5.91 Å². The number of primary amides is 1. The van der Waals surface area contributed by atoms with E-state index in [-0.39, 0.29) is 0 Å². The Morgan fingerprint density at radius 2 is 2.00 bits per heavy atom. The van der Waals surface area contributed by atoms with Crippen LogP contribution in [-0.4, -0.2) is 17.4 Å². The number of nitrogens with zero attached hydrogens (tertiary/aromatic N) is 2. The summed E-state index contributed by atoms with van der Waals surface area (Å²) in [6, 6.07) is 11.6. The molecule has 1 aromatic carbocycles. The Morgan fingerprint density at radius 3 is 2.62 bits per heavy atom. The van der Waals surface area contributed by atoms with Crippen LogP contribution in [0.4, 0.5) is 11.5 Å². The summed E-state index contributed by atoms with van der Waals surface area (Å²) in [6.45, 7) is 3.54. The van der Waals surface area contributed by atoms with Crippen molar-refractivity contribution in [2.75, 3.05) is 17.2 Å². The average molecular weight is 284 g/mol. The van der Waals surface area contributed by atoms with Crippen LogP contribution in [0.5, 0.6) is 0 Å². The first-order valence-corrected chi connectivity index (χ1v) is 6.96. The minimum atomic E-state index is -0.515. The summed E-state index contributed by atoms with van der Waals surface area (Å²) in [7, 11) is 0. The van der Waals surface area contributed by atoms with Crippen LogP contribution >= 0.6 is 0 Å². The van der Waals surface area contributed by atoms with E-state index >= 15 is 0 Å². The number of pyridine rings is 1. The molecule has 21 heavy (non-hydrogen) atoms. The van der Waals surface area contributed by atoms with Crippen molar-refractivity contribution in [3.63, 3.8) is 0 Å². The van der Waals surface area contributed by atoms with Crippen molar-refractivity contribution in [2.24, 2.45) is 5.73 Å². The maximum Gasteiger partial charge on any atom is 0.252 e. The highest BCUT2D eigenvalue weighted by molar-refractivity contribution is 5.98. The molecule has 0 spiro atoms. The number of carbonyl (C=O) groups is 1. The molecular weight excluding hydrogens is 264 g/mol. The molecule has 2 rings (SSSR count). The van der Waals surface area contributed by atoms with Crippen LogP contribution in [0.1, 0.15) is 29.3 Å². The van der Waals surface area contributed by atoms with Crippen LogP contribution in [0.25, 0.3) is 0 Å². The number of aromatic nitrogens is 1. The fourth-order valence-corrected chi connectivity index (χ4v) is 2.24. The second-order valence-electron chi connectivity index (χ2n) is 4.91. The molecule has 5 nitrogen and oxygen atoms in total. The monoisotopic (exact) mass is 284 g/mol. The molecule has 5 heteroatoms. The van der Waals surface area contributed by atoms with E-state index in [2.05, 4.69) is 16.8 Å². The summed E-state index contributed by atoms with van der Waals surface area (Å²) in [5, 5.41) is 0. The number of hydrogen-bond donors (Lipinski definition) is 2. The second kappa shape index (κ2) is 6.74. The molecule has 0 radical (unpaired) electrons. The first-order valence-electron chi connectivity index (χ1n) is 6.96. The van der Waals surface area contributed by atoms with E-state index in [1.54, 1.807) is 12.3 Å². The Hall–Kier alpha value is -2.56. The van der Waals surface area contributed by atoms with Gasteiger partial charge in [0.05, 0.1) is 17.4 Å². The molecule has 0 aliphatic heterocycles. The summed E-state index contributed by atoms with van der Waals surface area (Å²) >= 11 is 0. The lowest BCUT2D eigenvalue weighted by atomic mass is 10.1. The molecule has 0 aliphatic carbocycles. The van der Waals surface area contributed by atoms with E-state index in [0.717, 1.165) is 18.5 Å². The Morgan fingerprint density at radius 1 is 1.29 bits per heavy atom. The second-order valence-corrected chi connectivity index (χ2v) is 4.91. The topological polar surface area (TPSA) is 85.2 Å². The molecule has 1 aromatic heterocycles. The zero-order valence-electron chi connectivity index (χ0n) is 12.1. The summed E-state index contributed by atoms with van der Waals surface area (Å²) in [4.78, 5) is 18.0. The number of nitrogen functional groups attached to an aromatic ring is 1. The van der Waals surface area contributed by atoms with Gasteiger partial charge in [0.25, 0.3) is 5.91 Å². The molecule has 2 aromatic rings. The molecular formula is C16H20N4O. The Balaban J connectivity index is 2.36. The molecule has 1 heterocycles. The Bertz CT molecular complexity index is 613. The molecule has 1 amide bonds. The summed E-state index contributed by atoms with van der Waals surface area (Å²) in [5.74, 6) is 0.0707. The van der Waals surface area contributed by atoms with Crippen molar-refractivity contribution < 1.29 is 4.79 Å². The van der Waals surface area contributed by atoms with Crippen molar-refractivity contribution in [3.05, 3.63) is 53.7 Å². The molecule has 110 valence electrons. The molecule has 0 saturated heterocycles. The smallest absolute Gasteiger partial charge is 0.252 e. The highest BCUT2D eigenvalue weighted by Crippen LogP contribution is 2.22. The average Bonchev–Trinajstić information content (AvgIpc) is 2.48. The highest BCUT2D eigenvalue weighted by atomic mass is 16.1. The zero-order valence-corrected chi connectivity index (χ0v) is 12.1. The number of hydrogen-bond acceptors (Lipinski definition) is 4. The summed E-state index contributed by atoms with van der Waals surface area (Å²) in [6.07, 6.45) is 2.49. The number of amides is 1. The maximum absolute atomic E-state index is 11.6. The van der Waals surface area contributed by atoms with Gasteiger partial charge < -0.3 is 16.4 Å². The van der Waals surface area contributed by atoms with Crippen LogP contribution in [0, 0.1) is 0 Å². The van der Waals surface area contributed by atoms with Crippen LogP contribution in [-0.2, 0) is 6.54 Å². The molecule has 4 N–H and O–H groups in total. The van der Waals surface area contributed by atoms with Crippen LogP contribution in [0.2, 0.25) is 0 Å². The highest BCUT2D eigenvalue weighted by Gasteiger charge is 2.16. The van der Waals surface area contributed by atoms with Gasteiger partial charge >= 0.3 is 0 Å². The number of anilines is 2. The van der Waals surface area contributed by atoms with Gasteiger partial charge in [0.15, 0.2) is 0 Å². The standard InChI is InChI=1S/C16H20N4O/c1-2-8-20(11-12-6-4-3-5-7-12)16-14(15(18)21)9-13(17)10-19-16/h3-7,9-10H,2,8,11,17H2,1H3,(H2,18,21). The van der Waals surface area contributed by atoms with Crippen LogP contribution < -0.4 is 16.4 Å². The number of benzene rings is 1. The van der Waals surface area contributed by atoms with Crippen molar-refractivity contribution in [1.29, 1.82) is 0 Å².